The van der Waals surface area contributed by atoms with Crippen LogP contribution < -0.4 is 0 Å². The molecule has 1 atom stereocenters. The van der Waals surface area contributed by atoms with Gasteiger partial charge in [0.1, 0.15) is 0 Å². The number of rotatable bonds is 6. The van der Waals surface area contributed by atoms with Gasteiger partial charge in [0.2, 0.25) is 0 Å². The van der Waals surface area contributed by atoms with E-state index in [0.717, 1.165) is 57.8 Å². The number of hydrogen-bond donors (Lipinski definition) is 0. The summed E-state index contributed by atoms with van der Waals surface area (Å²) < 4.78 is 41.0. The average Bonchev–Trinajstić information content (AvgIpc) is 3.46. The molecule has 1 unspecified atom stereocenters. The molecule has 0 aromatic heterocycles. The Morgan fingerprint density at radius 3 is 1.86 bits per heavy atom. The Hall–Kier alpha value is -0.370. The van der Waals surface area contributed by atoms with Crippen LogP contribution in [0.1, 0.15) is 98.8 Å². The zero-order valence-corrected chi connectivity index (χ0v) is 24.3. The Morgan fingerprint density at radius 2 is 1.30 bits per heavy atom. The van der Waals surface area contributed by atoms with Crippen molar-refractivity contribution in [1.29, 1.82) is 0 Å². The van der Waals surface area contributed by atoms with Crippen LogP contribution in [0.15, 0.2) is 0 Å². The fourth-order valence-corrected chi connectivity index (χ4v) is 8.76. The van der Waals surface area contributed by atoms with E-state index in [1.807, 2.05) is 4.90 Å². The molecule has 5 rings (SSSR count). The molecule has 5 aliphatic rings. The molecule has 0 radical (unpaired) electrons. The van der Waals surface area contributed by atoms with Gasteiger partial charge in [0.05, 0.1) is 6.54 Å². The highest BCUT2D eigenvalue weighted by atomic mass is 19.4. The summed E-state index contributed by atoms with van der Waals surface area (Å²) >= 11 is 0. The van der Waals surface area contributed by atoms with Crippen molar-refractivity contribution in [2.24, 2.45) is 11.8 Å². The summed E-state index contributed by atoms with van der Waals surface area (Å²) in [7, 11) is 0. The topological polar surface area (TPSA) is 13.0 Å². The van der Waals surface area contributed by atoms with Crippen molar-refractivity contribution in [3.05, 3.63) is 0 Å². The molecule has 0 N–H and O–H groups in total. The van der Waals surface area contributed by atoms with E-state index in [1.54, 1.807) is 0 Å². The third-order valence-electron chi connectivity index (χ3n) is 11.1. The summed E-state index contributed by atoms with van der Waals surface area (Å²) in [6.07, 6.45) is 7.61. The normalized spacial score (nSPS) is 30.6. The SMILES string of the molecule is CC(C)(C)N1CCC2(CC1)CC(CC(C)(C)N1CCC3(CCCN3CC3CC3)CC1)CN2CC(F)(F)F. The number of piperidine rings is 2. The monoisotopic (exact) mass is 526 g/mol. The van der Waals surface area contributed by atoms with E-state index >= 15 is 0 Å². The Labute approximate surface area is 224 Å². The van der Waals surface area contributed by atoms with E-state index < -0.39 is 12.7 Å². The molecule has 4 heterocycles. The molecule has 4 nitrogen and oxygen atoms in total. The van der Waals surface area contributed by atoms with Crippen LogP contribution in [-0.2, 0) is 0 Å². The lowest BCUT2D eigenvalue weighted by molar-refractivity contribution is -0.159. The lowest BCUT2D eigenvalue weighted by Gasteiger charge is -2.50. The summed E-state index contributed by atoms with van der Waals surface area (Å²) in [6, 6.07) is 0. The maximum Gasteiger partial charge on any atom is 0.401 e. The third-order valence-corrected chi connectivity index (χ3v) is 11.1. The first kappa shape index (κ1) is 28.2. The van der Waals surface area contributed by atoms with Gasteiger partial charge in [-0.2, -0.15) is 13.2 Å². The van der Waals surface area contributed by atoms with Gasteiger partial charge in [0, 0.05) is 61.4 Å². The minimum absolute atomic E-state index is 0.0355. The molecule has 0 amide bonds. The van der Waals surface area contributed by atoms with Gasteiger partial charge >= 0.3 is 6.18 Å². The van der Waals surface area contributed by atoms with Crippen LogP contribution in [0, 0.1) is 11.8 Å². The molecule has 0 aromatic carbocycles. The molecular weight excluding hydrogens is 473 g/mol. The summed E-state index contributed by atoms with van der Waals surface area (Å²) in [6.45, 7) is 17.9. The second-order valence-electron chi connectivity index (χ2n) is 15.2. The predicted molar refractivity (Wildman–Crippen MR) is 145 cm³/mol. The molecule has 4 aliphatic heterocycles. The molecular formula is C30H53F3N4. The van der Waals surface area contributed by atoms with Crippen molar-refractivity contribution in [2.75, 3.05) is 52.4 Å². The standard InChI is InChI=1S/C30H53F3N4/c1-26(2,3)34-15-12-29(13-16-34)20-25(22-37(29)23-30(31,32)33)19-27(4,5)35-17-10-28(11-18-35)9-6-14-36(28)21-24-7-8-24/h24-25H,6-23H2,1-5H3. The first-order valence-corrected chi connectivity index (χ1v) is 15.3. The summed E-state index contributed by atoms with van der Waals surface area (Å²) in [4.78, 5) is 9.84. The van der Waals surface area contributed by atoms with Crippen molar-refractivity contribution in [3.8, 4) is 0 Å². The summed E-state index contributed by atoms with van der Waals surface area (Å²) in [5, 5.41) is 0. The second-order valence-corrected chi connectivity index (χ2v) is 15.2. The largest absolute Gasteiger partial charge is 0.401 e. The van der Waals surface area contributed by atoms with E-state index in [0.29, 0.717) is 18.0 Å². The molecule has 1 aliphatic carbocycles. The molecule has 37 heavy (non-hydrogen) atoms. The van der Waals surface area contributed by atoms with Crippen LogP contribution in [0.25, 0.3) is 0 Å². The van der Waals surface area contributed by atoms with Gasteiger partial charge in [-0.1, -0.05) is 0 Å². The van der Waals surface area contributed by atoms with Crippen LogP contribution in [-0.4, -0.2) is 100 Å². The maximum atomic E-state index is 13.7. The molecule has 214 valence electrons. The van der Waals surface area contributed by atoms with Crippen molar-refractivity contribution >= 4 is 0 Å². The molecule has 2 spiro atoms. The first-order valence-electron chi connectivity index (χ1n) is 15.3. The smallest absolute Gasteiger partial charge is 0.298 e. The van der Waals surface area contributed by atoms with Crippen molar-refractivity contribution < 1.29 is 13.2 Å². The zero-order valence-electron chi connectivity index (χ0n) is 24.3. The molecule has 4 saturated heterocycles. The van der Waals surface area contributed by atoms with Gasteiger partial charge in [-0.3, -0.25) is 19.6 Å². The highest BCUT2D eigenvalue weighted by Gasteiger charge is 2.52. The highest BCUT2D eigenvalue weighted by molar-refractivity contribution is 5.07. The van der Waals surface area contributed by atoms with Crippen molar-refractivity contribution in [3.63, 3.8) is 0 Å². The molecule has 7 heteroatoms. The summed E-state index contributed by atoms with van der Waals surface area (Å²) in [5.41, 5.74) is 0.262. The van der Waals surface area contributed by atoms with Crippen LogP contribution in [0.4, 0.5) is 13.2 Å². The lowest BCUT2D eigenvalue weighted by atomic mass is 9.77. The third kappa shape index (κ3) is 6.20. The van der Waals surface area contributed by atoms with Gasteiger partial charge < -0.3 is 0 Å². The first-order chi connectivity index (χ1) is 17.2. The van der Waals surface area contributed by atoms with E-state index in [1.165, 1.54) is 51.6 Å². The van der Waals surface area contributed by atoms with Gasteiger partial charge in [0.25, 0.3) is 0 Å². The Bertz CT molecular complexity index is 784. The fraction of sp³-hybridized carbons (Fsp3) is 1.00. The number of halogens is 3. The predicted octanol–water partition coefficient (Wildman–Crippen LogP) is 6.01. The van der Waals surface area contributed by atoms with E-state index in [2.05, 4.69) is 49.3 Å². The molecule has 1 saturated carbocycles. The van der Waals surface area contributed by atoms with E-state index in [4.69, 9.17) is 0 Å². The number of alkyl halides is 3. The average molecular weight is 527 g/mol. The fourth-order valence-electron chi connectivity index (χ4n) is 8.76. The van der Waals surface area contributed by atoms with Crippen LogP contribution in [0.5, 0.6) is 0 Å². The Morgan fingerprint density at radius 1 is 0.703 bits per heavy atom. The Balaban J connectivity index is 1.21. The number of hydrogen-bond acceptors (Lipinski definition) is 4. The van der Waals surface area contributed by atoms with Crippen molar-refractivity contribution in [1.82, 2.24) is 19.6 Å². The van der Waals surface area contributed by atoms with Crippen LogP contribution in [0.3, 0.4) is 0 Å². The molecule has 5 fully saturated rings. The zero-order chi connectivity index (χ0) is 26.7. The minimum Gasteiger partial charge on any atom is -0.298 e. The second kappa shape index (κ2) is 9.92. The quantitative estimate of drug-likeness (QED) is 0.420. The summed E-state index contributed by atoms with van der Waals surface area (Å²) in [5.74, 6) is 1.29. The van der Waals surface area contributed by atoms with Crippen molar-refractivity contribution in [2.45, 2.75) is 127 Å². The highest BCUT2D eigenvalue weighted by Crippen LogP contribution is 2.47. The van der Waals surface area contributed by atoms with Crippen LogP contribution in [0.2, 0.25) is 0 Å². The molecule has 0 aromatic rings. The van der Waals surface area contributed by atoms with Gasteiger partial charge in [-0.15, -0.1) is 0 Å². The maximum absolute atomic E-state index is 13.7. The molecule has 0 bridgehead atoms. The minimum atomic E-state index is -4.13. The van der Waals surface area contributed by atoms with Gasteiger partial charge in [-0.05, 0) is 117 Å². The Kier molecular flexibility index (Phi) is 7.55. The van der Waals surface area contributed by atoms with Gasteiger partial charge in [0.15, 0.2) is 0 Å². The van der Waals surface area contributed by atoms with E-state index in [9.17, 15) is 13.2 Å². The van der Waals surface area contributed by atoms with E-state index in [-0.39, 0.29) is 16.6 Å². The number of likely N-dealkylation sites (tertiary alicyclic amines) is 4. The lowest BCUT2D eigenvalue weighted by Crippen LogP contribution is -2.57. The van der Waals surface area contributed by atoms with Crippen LogP contribution >= 0.6 is 0 Å². The number of nitrogens with zero attached hydrogens (tertiary/aromatic N) is 4. The van der Waals surface area contributed by atoms with Gasteiger partial charge in [-0.25, -0.2) is 0 Å².